The first-order valence-corrected chi connectivity index (χ1v) is 10.8. The van der Waals surface area contributed by atoms with E-state index in [0.29, 0.717) is 6.08 Å². The summed E-state index contributed by atoms with van der Waals surface area (Å²) in [6.45, 7) is 1.41. The Hall–Kier alpha value is -2.87. The summed E-state index contributed by atoms with van der Waals surface area (Å²) in [6, 6.07) is 2.65. The average Bonchev–Trinajstić information content (AvgIpc) is 3.37. The van der Waals surface area contributed by atoms with Crippen LogP contribution < -0.4 is 0 Å². The Kier molecular flexibility index (Phi) is 6.12. The molecule has 0 atom stereocenters. The van der Waals surface area contributed by atoms with Gasteiger partial charge in [0, 0.05) is 7.05 Å². The molecule has 0 bridgehead atoms. The van der Waals surface area contributed by atoms with Crippen LogP contribution in [0, 0.1) is 0 Å². The maximum Gasteiger partial charge on any atom is 0.459 e. The van der Waals surface area contributed by atoms with Gasteiger partial charge in [-0.15, -0.1) is 0 Å². The molecule has 0 spiro atoms. The number of nitrogens with zero attached hydrogens (tertiary/aromatic N) is 6. The Balaban J connectivity index is 2.18. The highest BCUT2D eigenvalue weighted by Crippen LogP contribution is 2.43. The van der Waals surface area contributed by atoms with Crippen molar-refractivity contribution in [3.8, 4) is 17.3 Å². The van der Waals surface area contributed by atoms with Gasteiger partial charge < -0.3 is 4.57 Å². The number of rotatable bonds is 6. The molecule has 0 aliphatic carbocycles. The maximum absolute atomic E-state index is 13.5. The average molecular weight is 497 g/mol. The molecule has 0 N–H and O–H groups in total. The molecule has 0 unspecified atom stereocenters. The monoisotopic (exact) mass is 496 g/mol. The van der Waals surface area contributed by atoms with Gasteiger partial charge in [-0.3, -0.25) is 0 Å². The smallest absolute Gasteiger partial charge is 0.326 e. The summed E-state index contributed by atoms with van der Waals surface area (Å²) in [5.74, 6) is -5.48. The van der Waals surface area contributed by atoms with Crippen molar-refractivity contribution in [2.45, 2.75) is 23.9 Å². The molecule has 0 saturated heterocycles. The maximum atomic E-state index is 13.5. The van der Waals surface area contributed by atoms with E-state index in [1.54, 1.807) is 0 Å². The summed E-state index contributed by atoms with van der Waals surface area (Å²) in [5, 5.41) is 2.13. The van der Waals surface area contributed by atoms with E-state index >= 15 is 0 Å². The Morgan fingerprint density at radius 1 is 1.22 bits per heavy atom. The number of imidazole rings is 1. The highest BCUT2D eigenvalue weighted by molar-refractivity contribution is 7.91. The lowest BCUT2D eigenvalue weighted by Gasteiger charge is -2.18. The Bertz CT molecular complexity index is 1270. The van der Waals surface area contributed by atoms with Crippen molar-refractivity contribution in [1.82, 2.24) is 29.3 Å². The summed E-state index contributed by atoms with van der Waals surface area (Å²) in [6.07, 6.45) is -1.98. The fraction of sp³-hybridized carbons (Fsp3) is 0.294. The number of halogens is 6. The highest BCUT2D eigenvalue weighted by Gasteiger charge is 2.59. The second-order valence-corrected chi connectivity index (χ2v) is 9.04. The predicted molar refractivity (Wildman–Crippen MR) is 104 cm³/mol. The van der Waals surface area contributed by atoms with Gasteiger partial charge >= 0.3 is 12.1 Å². The quantitative estimate of drug-likeness (QED) is 0.484. The van der Waals surface area contributed by atoms with E-state index in [0.717, 1.165) is 10.8 Å². The number of pyridine rings is 1. The zero-order valence-electron chi connectivity index (χ0n) is 16.3. The molecule has 3 rings (SSSR count). The molecule has 0 radical (unpaired) electrons. The number of allylic oxidation sites excluding steroid dienone is 1. The summed E-state index contributed by atoms with van der Waals surface area (Å²) in [5.41, 5.74) is -0.387. The third-order valence-corrected chi connectivity index (χ3v) is 6.48. The first-order valence-electron chi connectivity index (χ1n) is 8.72. The molecule has 3 aromatic rings. The van der Waals surface area contributed by atoms with Crippen LogP contribution in [0.25, 0.3) is 23.4 Å². The number of aromatic nitrogens is 6. The molecule has 0 aliphatic heterocycles. The minimum atomic E-state index is -5.89. The Labute approximate surface area is 183 Å². The summed E-state index contributed by atoms with van der Waals surface area (Å²) >= 11 is 5.26. The van der Waals surface area contributed by atoms with E-state index in [1.807, 2.05) is 0 Å². The van der Waals surface area contributed by atoms with E-state index in [4.69, 9.17) is 11.6 Å². The molecular weight excluding hydrogens is 483 g/mol. The lowest BCUT2D eigenvalue weighted by atomic mass is 10.2. The zero-order chi connectivity index (χ0) is 23.9. The Morgan fingerprint density at radius 3 is 2.47 bits per heavy atom. The Morgan fingerprint density at radius 2 is 1.91 bits per heavy atom. The van der Waals surface area contributed by atoms with E-state index in [9.17, 15) is 30.4 Å². The van der Waals surface area contributed by atoms with Crippen molar-refractivity contribution in [3.05, 3.63) is 41.7 Å². The molecule has 172 valence electrons. The van der Waals surface area contributed by atoms with Crippen LogP contribution in [-0.2, 0) is 16.9 Å². The molecule has 0 amide bonds. The highest BCUT2D eigenvalue weighted by atomic mass is 35.5. The van der Waals surface area contributed by atoms with Gasteiger partial charge in [0.05, 0.1) is 27.6 Å². The number of hydrogen-bond acceptors (Lipinski definition) is 6. The van der Waals surface area contributed by atoms with Gasteiger partial charge in [-0.2, -0.15) is 27.1 Å². The topological polar surface area (TPSA) is 95.6 Å². The lowest BCUT2D eigenvalue weighted by molar-refractivity contribution is -0.261. The largest absolute Gasteiger partial charge is 0.459 e. The van der Waals surface area contributed by atoms with Gasteiger partial charge in [0.15, 0.2) is 21.5 Å². The normalized spacial score (nSPS) is 13.6. The summed E-state index contributed by atoms with van der Waals surface area (Å²) < 4.78 is 92.1. The van der Waals surface area contributed by atoms with Crippen molar-refractivity contribution in [1.29, 1.82) is 0 Å². The second-order valence-electron chi connectivity index (χ2n) is 6.39. The van der Waals surface area contributed by atoms with Crippen molar-refractivity contribution in [2.24, 2.45) is 7.05 Å². The van der Waals surface area contributed by atoms with E-state index in [-0.39, 0.29) is 33.7 Å². The van der Waals surface area contributed by atoms with Crippen LogP contribution >= 0.6 is 11.6 Å². The van der Waals surface area contributed by atoms with E-state index in [1.165, 1.54) is 43.4 Å². The molecule has 32 heavy (non-hydrogen) atoms. The van der Waals surface area contributed by atoms with E-state index < -0.39 is 27.0 Å². The number of hydrogen-bond donors (Lipinski definition) is 0. The second kappa shape index (κ2) is 8.24. The van der Waals surface area contributed by atoms with Crippen LogP contribution in [0.3, 0.4) is 0 Å². The predicted octanol–water partition coefficient (Wildman–Crippen LogP) is 3.63. The molecule has 8 nitrogen and oxygen atoms in total. The van der Waals surface area contributed by atoms with Gasteiger partial charge in [-0.05, 0) is 18.2 Å². The van der Waals surface area contributed by atoms with Crippen LogP contribution in [-0.4, -0.2) is 55.6 Å². The minimum Gasteiger partial charge on any atom is -0.326 e. The van der Waals surface area contributed by atoms with Crippen LogP contribution in [0.5, 0.6) is 0 Å². The molecule has 0 saturated carbocycles. The molecule has 0 fully saturated rings. The number of sulfone groups is 1. The molecule has 0 aliphatic rings. The standard InChI is InChI=1S/C17H14ClF5N6O2S/c1-3-32(30,31)11-4-5-13(29-9-24-8-26-29)27-14(11)15-25-7-10(28(15)2)6-12(18)16(19,20)17(21,22)23/h4-9H,3H2,1-2H3/b12-6-. The summed E-state index contributed by atoms with van der Waals surface area (Å²) in [4.78, 5) is 11.8. The zero-order valence-corrected chi connectivity index (χ0v) is 17.9. The molecule has 15 heteroatoms. The number of alkyl halides is 5. The van der Waals surface area contributed by atoms with Crippen LogP contribution in [0.1, 0.15) is 12.6 Å². The third kappa shape index (κ3) is 4.24. The van der Waals surface area contributed by atoms with Crippen molar-refractivity contribution in [3.63, 3.8) is 0 Å². The van der Waals surface area contributed by atoms with Gasteiger partial charge in [-0.25, -0.2) is 28.1 Å². The van der Waals surface area contributed by atoms with Gasteiger partial charge in [0.25, 0.3) is 0 Å². The molecular formula is C17H14ClF5N6O2S. The van der Waals surface area contributed by atoms with Crippen molar-refractivity contribution < 1.29 is 30.4 Å². The van der Waals surface area contributed by atoms with Crippen molar-refractivity contribution >= 4 is 27.5 Å². The first kappa shape index (κ1) is 23.8. The van der Waals surface area contributed by atoms with Crippen molar-refractivity contribution in [2.75, 3.05) is 5.75 Å². The van der Waals surface area contributed by atoms with Crippen LogP contribution in [0.4, 0.5) is 22.0 Å². The molecule has 0 aromatic carbocycles. The third-order valence-electron chi connectivity index (χ3n) is 4.38. The van der Waals surface area contributed by atoms with Gasteiger partial charge in [0.2, 0.25) is 0 Å². The van der Waals surface area contributed by atoms with E-state index in [2.05, 4.69) is 20.1 Å². The fourth-order valence-electron chi connectivity index (χ4n) is 2.59. The van der Waals surface area contributed by atoms with Gasteiger partial charge in [-0.1, -0.05) is 18.5 Å². The van der Waals surface area contributed by atoms with Gasteiger partial charge in [0.1, 0.15) is 18.3 Å². The SMILES string of the molecule is CCS(=O)(=O)c1ccc(-n2cncn2)nc1-c1ncc(/C=C(\Cl)C(F)(F)C(F)(F)F)n1C. The van der Waals surface area contributed by atoms with Crippen LogP contribution in [0.2, 0.25) is 0 Å². The molecule has 3 aromatic heterocycles. The van der Waals surface area contributed by atoms with Crippen LogP contribution in [0.15, 0.2) is 40.9 Å². The minimum absolute atomic E-state index is 0.106. The summed E-state index contributed by atoms with van der Waals surface area (Å²) in [7, 11) is -2.52. The first-order chi connectivity index (χ1) is 14.8. The molecule has 3 heterocycles. The fourth-order valence-corrected chi connectivity index (χ4v) is 3.83. The lowest BCUT2D eigenvalue weighted by Crippen LogP contribution is -2.36.